The van der Waals surface area contributed by atoms with Crippen LogP contribution in [-0.2, 0) is 6.18 Å². The largest absolute Gasteiger partial charge is 0.418 e. The fourth-order valence-electron chi connectivity index (χ4n) is 1.51. The quantitative estimate of drug-likeness (QED) is 0.771. The molecular weight excluding hydrogens is 308 g/mol. The smallest absolute Gasteiger partial charge is 0.282 e. The number of aryl methyl sites for hydroxylation is 1. The number of fused-ring (bicyclic) bond motifs is 1. The number of aromatic nitrogens is 2. The van der Waals surface area contributed by atoms with Crippen LogP contribution in [0.2, 0.25) is 5.02 Å². The third kappa shape index (κ3) is 1.69. The van der Waals surface area contributed by atoms with Crippen LogP contribution in [0.15, 0.2) is 10.5 Å². The first kappa shape index (κ1) is 11.7. The Morgan fingerprint density at radius 3 is 2.62 bits per heavy atom. The molecule has 0 aliphatic heterocycles. The van der Waals surface area contributed by atoms with Gasteiger partial charge in [0, 0.05) is 15.6 Å². The van der Waals surface area contributed by atoms with Crippen LogP contribution in [0, 0.1) is 6.92 Å². The molecule has 0 atom stereocenters. The lowest BCUT2D eigenvalue weighted by molar-refractivity contribution is -0.138. The molecule has 1 aromatic heterocycles. The molecular formula is C9H5BrClF3N2. The fourth-order valence-corrected chi connectivity index (χ4v) is 2.87. The zero-order chi connectivity index (χ0) is 12.1. The highest BCUT2D eigenvalue weighted by atomic mass is 79.9. The van der Waals surface area contributed by atoms with Gasteiger partial charge in [0.15, 0.2) is 0 Å². The van der Waals surface area contributed by atoms with E-state index in [4.69, 9.17) is 11.6 Å². The van der Waals surface area contributed by atoms with Crippen molar-refractivity contribution in [3.8, 4) is 0 Å². The van der Waals surface area contributed by atoms with E-state index in [9.17, 15) is 13.2 Å². The zero-order valence-corrected chi connectivity index (χ0v) is 10.3. The van der Waals surface area contributed by atoms with Gasteiger partial charge in [-0.15, -0.1) is 0 Å². The van der Waals surface area contributed by atoms with Crippen molar-refractivity contribution in [3.05, 3.63) is 26.8 Å². The van der Waals surface area contributed by atoms with Crippen molar-refractivity contribution in [3.63, 3.8) is 0 Å². The maximum Gasteiger partial charge on any atom is 0.418 e. The summed E-state index contributed by atoms with van der Waals surface area (Å²) in [5, 5.41) is 6.51. The van der Waals surface area contributed by atoms with Gasteiger partial charge in [-0.3, -0.25) is 5.10 Å². The number of hydrogen-bond acceptors (Lipinski definition) is 1. The van der Waals surface area contributed by atoms with Crippen molar-refractivity contribution in [1.29, 1.82) is 0 Å². The molecule has 0 spiro atoms. The summed E-state index contributed by atoms with van der Waals surface area (Å²) in [5.41, 5.74) is 0.0950. The molecule has 2 aromatic rings. The minimum absolute atomic E-state index is 0.0752. The van der Waals surface area contributed by atoms with E-state index < -0.39 is 11.7 Å². The Labute approximate surface area is 102 Å². The average Bonchev–Trinajstić information content (AvgIpc) is 2.44. The van der Waals surface area contributed by atoms with Crippen LogP contribution in [0.1, 0.15) is 11.3 Å². The number of aromatic amines is 1. The van der Waals surface area contributed by atoms with Crippen molar-refractivity contribution in [2.75, 3.05) is 0 Å². The molecule has 0 aliphatic carbocycles. The highest BCUT2D eigenvalue weighted by Crippen LogP contribution is 2.43. The Kier molecular flexibility index (Phi) is 2.66. The molecule has 0 radical (unpaired) electrons. The third-order valence-corrected chi connectivity index (χ3v) is 3.29. The van der Waals surface area contributed by atoms with E-state index in [-0.39, 0.29) is 9.50 Å². The summed E-state index contributed by atoms with van der Waals surface area (Å²) in [7, 11) is 0. The van der Waals surface area contributed by atoms with E-state index in [2.05, 4.69) is 26.1 Å². The topological polar surface area (TPSA) is 28.7 Å². The summed E-state index contributed by atoms with van der Waals surface area (Å²) in [5.74, 6) is 0. The molecule has 0 unspecified atom stereocenters. The molecule has 86 valence electrons. The average molecular weight is 314 g/mol. The maximum absolute atomic E-state index is 12.7. The predicted molar refractivity (Wildman–Crippen MR) is 58.5 cm³/mol. The predicted octanol–water partition coefficient (Wildman–Crippen LogP) is 4.31. The molecule has 1 aromatic carbocycles. The van der Waals surface area contributed by atoms with Crippen LogP contribution < -0.4 is 0 Å². The molecule has 2 rings (SSSR count). The van der Waals surface area contributed by atoms with E-state index in [1.165, 1.54) is 6.07 Å². The van der Waals surface area contributed by atoms with E-state index in [1.807, 2.05) is 0 Å². The number of nitrogens with one attached hydrogen (secondary N) is 1. The Hall–Kier alpha value is -0.750. The Bertz CT molecular complexity index is 562. The van der Waals surface area contributed by atoms with Crippen LogP contribution in [0.25, 0.3) is 10.9 Å². The van der Waals surface area contributed by atoms with Gasteiger partial charge in [0.2, 0.25) is 0 Å². The highest BCUT2D eigenvalue weighted by molar-refractivity contribution is 9.10. The maximum atomic E-state index is 12.7. The van der Waals surface area contributed by atoms with E-state index in [0.29, 0.717) is 16.6 Å². The summed E-state index contributed by atoms with van der Waals surface area (Å²) >= 11 is 8.53. The van der Waals surface area contributed by atoms with Crippen LogP contribution in [0.4, 0.5) is 13.2 Å². The van der Waals surface area contributed by atoms with Crippen LogP contribution in [0.3, 0.4) is 0 Å². The fraction of sp³-hybridized carbons (Fsp3) is 0.222. The van der Waals surface area contributed by atoms with Gasteiger partial charge in [-0.05, 0) is 28.9 Å². The summed E-state index contributed by atoms with van der Waals surface area (Å²) in [6.07, 6.45) is -4.49. The molecule has 1 heterocycles. The lowest BCUT2D eigenvalue weighted by Crippen LogP contribution is -2.07. The number of hydrogen-bond donors (Lipinski definition) is 1. The van der Waals surface area contributed by atoms with Gasteiger partial charge in [-0.2, -0.15) is 18.3 Å². The molecule has 2 nitrogen and oxygen atoms in total. The Morgan fingerprint density at radius 1 is 1.44 bits per heavy atom. The number of rotatable bonds is 0. The number of nitrogens with zero attached hydrogens (tertiary/aromatic N) is 1. The van der Waals surface area contributed by atoms with E-state index in [0.717, 1.165) is 0 Å². The number of alkyl halides is 3. The number of halogens is 5. The second-order valence-corrected chi connectivity index (χ2v) is 4.49. The summed E-state index contributed by atoms with van der Waals surface area (Å²) < 4.78 is 38.1. The first-order valence-corrected chi connectivity index (χ1v) is 5.39. The van der Waals surface area contributed by atoms with Crippen molar-refractivity contribution in [1.82, 2.24) is 10.2 Å². The van der Waals surface area contributed by atoms with Crippen LogP contribution in [-0.4, -0.2) is 10.2 Å². The van der Waals surface area contributed by atoms with Gasteiger partial charge < -0.3 is 0 Å². The van der Waals surface area contributed by atoms with Gasteiger partial charge in [0.1, 0.15) is 0 Å². The SMILES string of the molecule is Cc1[nH]nc2cc(Cl)c(C(F)(F)F)c(Br)c12. The van der Waals surface area contributed by atoms with Crippen molar-refractivity contribution in [2.45, 2.75) is 13.1 Å². The normalized spacial score (nSPS) is 12.4. The zero-order valence-electron chi connectivity index (χ0n) is 7.91. The van der Waals surface area contributed by atoms with E-state index >= 15 is 0 Å². The molecule has 0 bridgehead atoms. The van der Waals surface area contributed by atoms with Gasteiger partial charge in [-0.25, -0.2) is 0 Å². The van der Waals surface area contributed by atoms with E-state index in [1.54, 1.807) is 6.92 Å². The molecule has 0 fully saturated rings. The lowest BCUT2D eigenvalue weighted by Gasteiger charge is -2.11. The number of H-pyrrole nitrogens is 1. The molecule has 16 heavy (non-hydrogen) atoms. The van der Waals surface area contributed by atoms with Crippen LogP contribution in [0.5, 0.6) is 0 Å². The van der Waals surface area contributed by atoms with Gasteiger partial charge in [0.05, 0.1) is 16.1 Å². The Morgan fingerprint density at radius 2 is 2.06 bits per heavy atom. The summed E-state index contributed by atoms with van der Waals surface area (Å²) in [6.45, 7) is 1.65. The minimum Gasteiger partial charge on any atom is -0.282 e. The second kappa shape index (κ2) is 3.63. The lowest BCUT2D eigenvalue weighted by atomic mass is 10.1. The monoisotopic (exact) mass is 312 g/mol. The van der Waals surface area contributed by atoms with Crippen LogP contribution >= 0.6 is 27.5 Å². The molecule has 0 saturated heterocycles. The molecule has 0 amide bonds. The van der Waals surface area contributed by atoms with Gasteiger partial charge in [-0.1, -0.05) is 11.6 Å². The summed E-state index contributed by atoms with van der Waals surface area (Å²) in [4.78, 5) is 0. The first-order valence-electron chi connectivity index (χ1n) is 4.22. The minimum atomic E-state index is -4.49. The first-order chi connectivity index (χ1) is 7.32. The highest BCUT2D eigenvalue weighted by Gasteiger charge is 2.37. The molecule has 1 N–H and O–H groups in total. The van der Waals surface area contributed by atoms with Crippen molar-refractivity contribution < 1.29 is 13.2 Å². The van der Waals surface area contributed by atoms with Gasteiger partial charge in [0.25, 0.3) is 0 Å². The molecule has 0 aliphatic rings. The van der Waals surface area contributed by atoms with Gasteiger partial charge >= 0.3 is 6.18 Å². The van der Waals surface area contributed by atoms with Crippen molar-refractivity contribution in [2.24, 2.45) is 0 Å². The van der Waals surface area contributed by atoms with Crippen molar-refractivity contribution >= 4 is 38.4 Å². The second-order valence-electron chi connectivity index (χ2n) is 3.29. The number of benzene rings is 1. The third-order valence-electron chi connectivity index (χ3n) is 2.20. The molecule has 7 heteroatoms. The standard InChI is InChI=1S/C9H5BrClF3N2/c1-3-6-5(16-15-3)2-4(11)7(8(6)10)9(12,13)14/h2H,1H3,(H,15,16). The Balaban J connectivity index is 2.90. The molecule has 0 saturated carbocycles. The summed E-state index contributed by atoms with van der Waals surface area (Å²) in [6, 6.07) is 1.20.